The van der Waals surface area contributed by atoms with Crippen LogP contribution in [0.4, 0.5) is 4.39 Å². The molecule has 1 amide bonds. The van der Waals surface area contributed by atoms with Crippen molar-refractivity contribution in [3.05, 3.63) is 52.2 Å². The van der Waals surface area contributed by atoms with E-state index in [1.165, 1.54) is 31.5 Å². The molecule has 8 nitrogen and oxygen atoms in total. The van der Waals surface area contributed by atoms with Crippen molar-refractivity contribution in [2.45, 2.75) is 50.2 Å². The number of ether oxygens (including phenoxy) is 1. The lowest BCUT2D eigenvalue weighted by molar-refractivity contribution is -0.0150. The normalized spacial score (nSPS) is 25.7. The predicted molar refractivity (Wildman–Crippen MR) is 133 cm³/mol. The van der Waals surface area contributed by atoms with Crippen molar-refractivity contribution >= 4 is 27.5 Å². The van der Waals surface area contributed by atoms with Crippen molar-refractivity contribution in [2.24, 2.45) is 5.92 Å². The number of piperidine rings is 1. The Balaban J connectivity index is 1.37. The van der Waals surface area contributed by atoms with Crippen molar-refractivity contribution < 1.29 is 22.3 Å². The van der Waals surface area contributed by atoms with Crippen LogP contribution in [0.5, 0.6) is 0 Å². The molecule has 1 saturated carbocycles. The molecule has 1 N–H and O–H groups in total. The molecule has 1 aliphatic carbocycles. The summed E-state index contributed by atoms with van der Waals surface area (Å²) in [4.78, 5) is 19.2. The Morgan fingerprint density at radius 3 is 2.69 bits per heavy atom. The van der Waals surface area contributed by atoms with E-state index in [2.05, 4.69) is 9.71 Å². The monoisotopic (exact) mass is 524 g/mol. The first-order valence-electron chi connectivity index (χ1n) is 12.0. The predicted octanol–water partition coefficient (Wildman–Crippen LogP) is 3.25. The number of nitrogens with one attached hydrogen (secondary N) is 1. The second-order valence-electron chi connectivity index (χ2n) is 9.54. The van der Waals surface area contributed by atoms with Crippen molar-refractivity contribution in [2.75, 3.05) is 33.8 Å². The molecule has 0 unspecified atom stereocenters. The molecular formula is C24H33FN4O4S2. The minimum Gasteiger partial charge on any atom is -0.378 e. The number of likely N-dealkylation sites (tertiary alicyclic amines) is 1. The highest BCUT2D eigenvalue weighted by molar-refractivity contribution is 7.87. The third kappa shape index (κ3) is 6.65. The Labute approximate surface area is 210 Å². The van der Waals surface area contributed by atoms with E-state index < -0.39 is 10.2 Å². The minimum atomic E-state index is -3.61. The maximum Gasteiger partial charge on any atom is 0.279 e. The quantitative estimate of drug-likeness (QED) is 0.573. The van der Waals surface area contributed by atoms with Gasteiger partial charge < -0.3 is 9.64 Å². The molecule has 0 radical (unpaired) electrons. The van der Waals surface area contributed by atoms with Gasteiger partial charge in [0.05, 0.1) is 24.4 Å². The summed E-state index contributed by atoms with van der Waals surface area (Å²) in [6.45, 7) is 1.24. The van der Waals surface area contributed by atoms with E-state index in [-0.39, 0.29) is 29.8 Å². The molecule has 11 heteroatoms. The third-order valence-corrected chi connectivity index (χ3v) is 9.31. The molecule has 2 aliphatic rings. The van der Waals surface area contributed by atoms with Gasteiger partial charge in [0.15, 0.2) is 0 Å². The Bertz CT molecular complexity index is 1090. The van der Waals surface area contributed by atoms with Gasteiger partial charge >= 0.3 is 0 Å². The number of amides is 1. The molecule has 1 aromatic heterocycles. The van der Waals surface area contributed by atoms with Crippen molar-refractivity contribution in [3.63, 3.8) is 0 Å². The van der Waals surface area contributed by atoms with Gasteiger partial charge in [0.1, 0.15) is 10.7 Å². The Morgan fingerprint density at radius 1 is 1.26 bits per heavy atom. The zero-order valence-electron chi connectivity index (χ0n) is 20.1. The number of benzene rings is 1. The molecule has 2 fully saturated rings. The van der Waals surface area contributed by atoms with Crippen LogP contribution in [0.2, 0.25) is 0 Å². The van der Waals surface area contributed by atoms with Gasteiger partial charge in [-0.25, -0.2) is 4.39 Å². The van der Waals surface area contributed by atoms with Crippen LogP contribution in [0.3, 0.4) is 0 Å². The average Bonchev–Trinajstić information content (AvgIpc) is 3.38. The smallest absolute Gasteiger partial charge is 0.279 e. The molecule has 4 rings (SSSR count). The van der Waals surface area contributed by atoms with Crippen LogP contribution in [0.25, 0.3) is 0 Å². The van der Waals surface area contributed by atoms with Gasteiger partial charge in [-0.15, -0.1) is 11.3 Å². The maximum atomic E-state index is 13.6. The van der Waals surface area contributed by atoms with Crippen molar-refractivity contribution in [1.82, 2.24) is 18.9 Å². The molecule has 2 atom stereocenters. The maximum absolute atomic E-state index is 13.6. The minimum absolute atomic E-state index is 0.0680. The number of carbonyl (C=O) groups excluding carboxylic acids is 1. The molecule has 1 saturated heterocycles. The fourth-order valence-electron chi connectivity index (χ4n) is 4.90. The number of rotatable bonds is 8. The largest absolute Gasteiger partial charge is 0.378 e. The van der Waals surface area contributed by atoms with E-state index >= 15 is 0 Å². The summed E-state index contributed by atoms with van der Waals surface area (Å²) >= 11 is 1.30. The van der Waals surface area contributed by atoms with E-state index in [1.54, 1.807) is 28.7 Å². The highest BCUT2D eigenvalue weighted by Crippen LogP contribution is 2.34. The summed E-state index contributed by atoms with van der Waals surface area (Å²) in [5.41, 5.74) is 2.66. The topological polar surface area (TPSA) is 91.8 Å². The van der Waals surface area contributed by atoms with Gasteiger partial charge in [-0.1, -0.05) is 12.1 Å². The number of thiazole rings is 1. The summed E-state index contributed by atoms with van der Waals surface area (Å²) in [5, 5.41) is 0. The first-order valence-corrected chi connectivity index (χ1v) is 14.3. The van der Waals surface area contributed by atoms with Gasteiger partial charge in [-0.2, -0.15) is 17.4 Å². The number of hydrogen-bond acceptors (Lipinski definition) is 6. The van der Waals surface area contributed by atoms with E-state index in [9.17, 15) is 17.6 Å². The Morgan fingerprint density at radius 2 is 2.03 bits per heavy atom. The lowest BCUT2D eigenvalue weighted by Crippen LogP contribution is -2.55. The zero-order valence-corrected chi connectivity index (χ0v) is 21.7. The lowest BCUT2D eigenvalue weighted by atomic mass is 9.82. The molecular weight excluding hydrogens is 491 g/mol. The zero-order chi connectivity index (χ0) is 25.0. The van der Waals surface area contributed by atoms with Crippen LogP contribution < -0.4 is 4.72 Å². The fraction of sp³-hybridized carbons (Fsp3) is 0.583. The van der Waals surface area contributed by atoms with Crippen LogP contribution in [0.15, 0.2) is 36.0 Å². The standard InChI is InChI=1S/C24H33FN4O4S2/c1-28(2)35(31,32)27-22-10-11-29(24(30)23-13-26-16-34-23)14-19(22)15-33-21-8-6-17(7-9-21)18-4-3-5-20(25)12-18/h3-5,12-13,16-17,19,21-22,27H,6-11,14-15H2,1-2H3/t17?,19-,21?,22-/m0/s1. The first kappa shape index (κ1) is 26.2. The molecule has 2 aromatic rings. The van der Waals surface area contributed by atoms with Crippen LogP contribution in [-0.4, -0.2) is 74.5 Å². The summed E-state index contributed by atoms with van der Waals surface area (Å²) in [6, 6.07) is 6.49. The number of hydrogen-bond donors (Lipinski definition) is 1. The number of aromatic nitrogens is 1. The van der Waals surface area contributed by atoms with E-state index in [0.29, 0.717) is 36.9 Å². The van der Waals surface area contributed by atoms with E-state index in [4.69, 9.17) is 4.74 Å². The molecule has 1 aliphatic heterocycles. The van der Waals surface area contributed by atoms with Gasteiger partial charge in [0.25, 0.3) is 16.1 Å². The molecule has 35 heavy (non-hydrogen) atoms. The fourth-order valence-corrected chi connectivity index (χ4v) is 6.39. The first-order chi connectivity index (χ1) is 16.7. The number of nitrogens with zero attached hydrogens (tertiary/aromatic N) is 3. The van der Waals surface area contributed by atoms with Crippen molar-refractivity contribution in [1.29, 1.82) is 0 Å². The number of carbonyl (C=O) groups is 1. The summed E-state index contributed by atoms with van der Waals surface area (Å²) in [5.74, 6) is -0.132. The average molecular weight is 525 g/mol. The highest BCUT2D eigenvalue weighted by Gasteiger charge is 2.36. The molecule has 0 bridgehead atoms. The second-order valence-corrected chi connectivity index (χ2v) is 12.3. The molecule has 0 spiro atoms. The summed E-state index contributed by atoms with van der Waals surface area (Å²) in [6.07, 6.45) is 5.72. The van der Waals surface area contributed by atoms with Crippen LogP contribution in [-0.2, 0) is 14.9 Å². The van der Waals surface area contributed by atoms with Crippen LogP contribution >= 0.6 is 11.3 Å². The van der Waals surface area contributed by atoms with E-state index in [1.807, 2.05) is 6.07 Å². The van der Waals surface area contributed by atoms with Crippen LogP contribution in [0, 0.1) is 11.7 Å². The second kappa shape index (κ2) is 11.4. The molecule has 2 heterocycles. The van der Waals surface area contributed by atoms with Crippen LogP contribution in [0.1, 0.15) is 53.3 Å². The molecule has 192 valence electrons. The Hall–Kier alpha value is -1.92. The SMILES string of the molecule is CN(C)S(=O)(=O)N[C@H]1CCN(C(=O)c2cncs2)C[C@H]1COC1CCC(c2cccc(F)c2)CC1. The highest BCUT2D eigenvalue weighted by atomic mass is 32.2. The third-order valence-electron chi connectivity index (χ3n) is 6.99. The van der Waals surface area contributed by atoms with Gasteiger partial charge in [0, 0.05) is 39.1 Å². The summed E-state index contributed by atoms with van der Waals surface area (Å²) < 4.78 is 48.9. The van der Waals surface area contributed by atoms with Gasteiger partial charge in [-0.05, 0) is 55.7 Å². The van der Waals surface area contributed by atoms with Gasteiger partial charge in [-0.3, -0.25) is 9.78 Å². The van der Waals surface area contributed by atoms with E-state index in [0.717, 1.165) is 35.6 Å². The number of halogens is 1. The lowest BCUT2D eigenvalue weighted by Gasteiger charge is -2.39. The van der Waals surface area contributed by atoms with Gasteiger partial charge in [0.2, 0.25) is 0 Å². The van der Waals surface area contributed by atoms with Crippen molar-refractivity contribution in [3.8, 4) is 0 Å². The summed E-state index contributed by atoms with van der Waals surface area (Å²) in [7, 11) is -0.624. The Kier molecular flexibility index (Phi) is 8.54. The molecule has 1 aromatic carbocycles.